The predicted octanol–water partition coefficient (Wildman–Crippen LogP) is 3.27. The number of rotatable bonds is 5. The Bertz CT molecular complexity index is 1390. The van der Waals surface area contributed by atoms with Gasteiger partial charge in [-0.1, -0.05) is 11.3 Å². The minimum absolute atomic E-state index is 0. The van der Waals surface area contributed by atoms with Crippen molar-refractivity contribution in [2.24, 2.45) is 0 Å². The summed E-state index contributed by atoms with van der Waals surface area (Å²) in [4.78, 5) is 47.1. The molecule has 1 atom stereocenters. The number of nitrogens with one attached hydrogen (secondary N) is 1. The Balaban J connectivity index is 0.00000168. The normalized spacial score (nSPS) is 18.0. The topological polar surface area (TPSA) is 124 Å². The van der Waals surface area contributed by atoms with Crippen LogP contribution in [-0.2, 0) is 17.8 Å². The Morgan fingerprint density at radius 2 is 1.95 bits per heavy atom. The summed E-state index contributed by atoms with van der Waals surface area (Å²) in [6.45, 7) is 2.75. The van der Waals surface area contributed by atoms with Crippen molar-refractivity contribution in [3.63, 3.8) is 0 Å². The molecule has 3 aliphatic rings. The van der Waals surface area contributed by atoms with Crippen LogP contribution in [0.15, 0.2) is 30.5 Å². The van der Waals surface area contributed by atoms with E-state index in [0.29, 0.717) is 41.9 Å². The lowest BCUT2D eigenvalue weighted by Crippen LogP contribution is -2.35. The molecule has 2 N–H and O–H groups in total. The van der Waals surface area contributed by atoms with Crippen LogP contribution in [0, 0.1) is 0 Å². The Morgan fingerprint density at radius 1 is 1.13 bits per heavy atom. The number of likely N-dealkylation sites (N-methyl/N-ethyl adjacent to an activating group) is 1. The molecule has 0 saturated carbocycles. The molecular weight excluding hydrogens is 553 g/mol. The molecular formula is C24H27Cl2N7O4S. The zero-order valence-corrected chi connectivity index (χ0v) is 22.9. The van der Waals surface area contributed by atoms with Gasteiger partial charge in [-0.15, -0.1) is 24.8 Å². The highest BCUT2D eigenvalue weighted by Gasteiger charge is 2.33. The third-order valence-electron chi connectivity index (χ3n) is 7.01. The molecule has 0 spiro atoms. The number of carboxylic acid groups (broad SMARTS) is 1. The molecule has 2 aromatic heterocycles. The molecule has 3 aromatic rings. The zero-order chi connectivity index (χ0) is 25.0. The van der Waals surface area contributed by atoms with Crippen molar-refractivity contribution in [2.75, 3.05) is 41.8 Å². The number of fused-ring (bicyclic) bond motifs is 2. The van der Waals surface area contributed by atoms with Crippen LogP contribution >= 0.6 is 36.2 Å². The SMILES string of the molecule is CN1CCc2cc(N3CCn4nc(NC(=O)c5cnc(N6CCC[C@H]6C(=O)O)s5)cc43)ccc2C1=O.Cl.Cl. The Morgan fingerprint density at radius 3 is 2.74 bits per heavy atom. The van der Waals surface area contributed by atoms with E-state index in [1.54, 1.807) is 9.80 Å². The number of aromatic nitrogens is 3. The number of carbonyl (C=O) groups excluding carboxylic acids is 2. The number of hydrogen-bond acceptors (Lipinski definition) is 8. The van der Waals surface area contributed by atoms with Crippen LogP contribution in [0.5, 0.6) is 0 Å². The van der Waals surface area contributed by atoms with E-state index in [4.69, 9.17) is 0 Å². The molecule has 202 valence electrons. The number of carbonyl (C=O) groups is 3. The molecule has 0 unspecified atom stereocenters. The molecule has 0 radical (unpaired) electrons. The second kappa shape index (κ2) is 10.8. The van der Waals surface area contributed by atoms with E-state index in [9.17, 15) is 19.5 Å². The van der Waals surface area contributed by atoms with Gasteiger partial charge in [0.15, 0.2) is 10.9 Å². The smallest absolute Gasteiger partial charge is 0.326 e. The van der Waals surface area contributed by atoms with Gasteiger partial charge in [-0.2, -0.15) is 5.10 Å². The third-order valence-corrected chi connectivity index (χ3v) is 8.04. The van der Waals surface area contributed by atoms with Crippen LogP contribution in [0.25, 0.3) is 0 Å². The second-order valence-corrected chi connectivity index (χ2v) is 10.2. The lowest BCUT2D eigenvalue weighted by atomic mass is 9.98. The van der Waals surface area contributed by atoms with E-state index >= 15 is 0 Å². The van der Waals surface area contributed by atoms with Crippen LogP contribution in [0.2, 0.25) is 0 Å². The van der Waals surface area contributed by atoms with E-state index in [2.05, 4.69) is 26.4 Å². The molecule has 38 heavy (non-hydrogen) atoms. The minimum Gasteiger partial charge on any atom is -0.480 e. The number of amides is 2. The minimum atomic E-state index is -0.872. The highest BCUT2D eigenvalue weighted by Crippen LogP contribution is 2.35. The summed E-state index contributed by atoms with van der Waals surface area (Å²) in [6.07, 6.45) is 3.66. The van der Waals surface area contributed by atoms with E-state index < -0.39 is 12.0 Å². The fraction of sp³-hybridized carbons (Fsp3) is 0.375. The van der Waals surface area contributed by atoms with Crippen molar-refractivity contribution in [1.82, 2.24) is 19.7 Å². The summed E-state index contributed by atoms with van der Waals surface area (Å²) in [5.41, 5.74) is 2.79. The molecule has 3 aliphatic heterocycles. The number of nitrogens with zero attached hydrogens (tertiary/aromatic N) is 6. The molecule has 14 heteroatoms. The lowest BCUT2D eigenvalue weighted by molar-refractivity contribution is -0.138. The van der Waals surface area contributed by atoms with Crippen molar-refractivity contribution in [1.29, 1.82) is 0 Å². The summed E-state index contributed by atoms with van der Waals surface area (Å²) < 4.78 is 1.85. The monoisotopic (exact) mass is 579 g/mol. The summed E-state index contributed by atoms with van der Waals surface area (Å²) in [6, 6.07) is 7.16. The van der Waals surface area contributed by atoms with Gasteiger partial charge >= 0.3 is 5.97 Å². The first kappa shape index (κ1) is 27.7. The average molecular weight is 580 g/mol. The maximum absolute atomic E-state index is 12.9. The fourth-order valence-corrected chi connectivity index (χ4v) is 6.00. The molecule has 0 aliphatic carbocycles. The number of aliphatic carboxylic acids is 1. The Hall–Kier alpha value is -3.35. The van der Waals surface area contributed by atoms with Crippen LogP contribution in [0.1, 0.15) is 38.4 Å². The quantitative estimate of drug-likeness (QED) is 0.472. The number of halogens is 2. The Labute approximate surface area is 235 Å². The van der Waals surface area contributed by atoms with Crippen LogP contribution in [-0.4, -0.2) is 75.3 Å². The van der Waals surface area contributed by atoms with Gasteiger partial charge in [0.05, 0.1) is 12.7 Å². The zero-order valence-electron chi connectivity index (χ0n) is 20.5. The summed E-state index contributed by atoms with van der Waals surface area (Å²) in [5.74, 6) is 0.159. The van der Waals surface area contributed by atoms with Gasteiger partial charge in [0, 0.05) is 44.0 Å². The number of anilines is 4. The van der Waals surface area contributed by atoms with E-state index in [1.165, 1.54) is 17.5 Å². The first-order valence-corrected chi connectivity index (χ1v) is 12.7. The molecule has 1 fully saturated rings. The van der Waals surface area contributed by atoms with Crippen LogP contribution in [0.3, 0.4) is 0 Å². The van der Waals surface area contributed by atoms with E-state index in [1.807, 2.05) is 29.9 Å². The van der Waals surface area contributed by atoms with Gasteiger partial charge in [0.2, 0.25) is 0 Å². The van der Waals surface area contributed by atoms with E-state index in [0.717, 1.165) is 42.0 Å². The number of hydrogen-bond donors (Lipinski definition) is 2. The van der Waals surface area contributed by atoms with Gasteiger partial charge in [0.25, 0.3) is 11.8 Å². The molecule has 5 heterocycles. The lowest BCUT2D eigenvalue weighted by Gasteiger charge is -2.26. The summed E-state index contributed by atoms with van der Waals surface area (Å²) in [7, 11) is 1.82. The first-order chi connectivity index (χ1) is 17.4. The Kier molecular flexibility index (Phi) is 7.86. The molecule has 2 amide bonds. The molecule has 0 bridgehead atoms. The number of thiazole rings is 1. The maximum atomic E-state index is 12.9. The number of carboxylic acids is 1. The van der Waals surface area contributed by atoms with Crippen molar-refractivity contribution in [3.05, 3.63) is 46.5 Å². The second-order valence-electron chi connectivity index (χ2n) is 9.23. The third kappa shape index (κ3) is 4.79. The highest BCUT2D eigenvalue weighted by atomic mass is 35.5. The average Bonchev–Trinajstić information content (AvgIpc) is 3.64. The van der Waals surface area contributed by atoms with E-state index in [-0.39, 0.29) is 36.6 Å². The van der Waals surface area contributed by atoms with Crippen LogP contribution < -0.4 is 15.1 Å². The van der Waals surface area contributed by atoms with Gasteiger partial charge in [-0.05, 0) is 43.0 Å². The van der Waals surface area contributed by atoms with Crippen molar-refractivity contribution < 1.29 is 19.5 Å². The fourth-order valence-electron chi connectivity index (χ4n) is 5.11. The summed E-state index contributed by atoms with van der Waals surface area (Å²) >= 11 is 1.18. The van der Waals surface area contributed by atoms with Crippen LogP contribution in [0.4, 0.5) is 22.5 Å². The van der Waals surface area contributed by atoms with Gasteiger partial charge in [-0.3, -0.25) is 9.59 Å². The maximum Gasteiger partial charge on any atom is 0.326 e. The molecule has 11 nitrogen and oxygen atoms in total. The largest absolute Gasteiger partial charge is 0.480 e. The molecule has 1 aromatic carbocycles. The van der Waals surface area contributed by atoms with Gasteiger partial charge in [0.1, 0.15) is 16.7 Å². The highest BCUT2D eigenvalue weighted by molar-refractivity contribution is 7.17. The molecule has 1 saturated heterocycles. The predicted molar refractivity (Wildman–Crippen MR) is 149 cm³/mol. The van der Waals surface area contributed by atoms with Gasteiger partial charge < -0.3 is 25.1 Å². The van der Waals surface area contributed by atoms with Gasteiger partial charge in [-0.25, -0.2) is 14.5 Å². The number of benzene rings is 1. The summed E-state index contributed by atoms with van der Waals surface area (Å²) in [5, 5.41) is 17.3. The molecule has 6 rings (SSSR count). The first-order valence-electron chi connectivity index (χ1n) is 11.9. The van der Waals surface area contributed by atoms with Crippen molar-refractivity contribution >= 4 is 76.4 Å². The van der Waals surface area contributed by atoms with Crippen molar-refractivity contribution in [2.45, 2.75) is 31.8 Å². The standard InChI is InChI=1S/C24H25N7O4S.2ClH/c1-28-8-6-14-11-15(4-5-16(14)22(28)33)29-9-10-31-20(29)12-19(27-31)26-21(32)18-13-25-24(36-18)30-7-2-3-17(30)23(34)35;;/h4-5,11-13,17H,2-3,6-10H2,1H3,(H,34,35)(H,26,27,32);2*1H/t17-;;/m0../s1. The van der Waals surface area contributed by atoms with Crippen molar-refractivity contribution in [3.8, 4) is 0 Å².